The number of nitrogens with one attached hydrogen (secondary N) is 2. The summed E-state index contributed by atoms with van der Waals surface area (Å²) in [7, 11) is 0. The first-order valence-corrected chi connectivity index (χ1v) is 12.2. The number of hydrogen-bond donors (Lipinski definition) is 2. The summed E-state index contributed by atoms with van der Waals surface area (Å²) in [5.41, 5.74) is 0.805. The third kappa shape index (κ3) is 6.49. The van der Waals surface area contributed by atoms with E-state index in [4.69, 9.17) is 0 Å². The second-order valence-electron chi connectivity index (χ2n) is 6.50. The Morgan fingerprint density at radius 1 is 1.11 bits per heavy atom. The molecule has 2 aromatic rings. The van der Waals surface area contributed by atoms with Gasteiger partial charge >= 0.3 is 0 Å². The molecule has 1 saturated carbocycles. The Kier molecular flexibility index (Phi) is 8.17. The average molecular weight is 437 g/mol. The first kappa shape index (κ1) is 21.1. The largest absolute Gasteiger partial charge is 0.326 e. The van der Waals surface area contributed by atoms with Crippen LogP contribution >= 0.6 is 35.1 Å². The number of thioether (sulfide) groups is 2. The molecule has 0 atom stereocenters. The number of anilines is 2. The van der Waals surface area contributed by atoms with E-state index < -0.39 is 0 Å². The number of carbonyl (C=O) groups is 2. The summed E-state index contributed by atoms with van der Waals surface area (Å²) < 4.78 is 4.18. The molecule has 2 N–H and O–H groups in total. The molecular formula is C19H24N4O2S3. The molecule has 0 spiro atoms. The number of aromatic nitrogens is 2. The van der Waals surface area contributed by atoms with Gasteiger partial charge in [-0.05, 0) is 42.9 Å². The number of nitrogens with zero attached hydrogens (tertiary/aromatic N) is 2. The van der Waals surface area contributed by atoms with Gasteiger partial charge in [-0.25, -0.2) is 0 Å². The molecule has 1 aliphatic rings. The smallest absolute Gasteiger partial charge is 0.236 e. The highest BCUT2D eigenvalue weighted by Gasteiger charge is 2.20. The molecule has 150 valence electrons. The maximum absolute atomic E-state index is 12.3. The lowest BCUT2D eigenvalue weighted by Gasteiger charge is -2.20. The molecule has 1 aromatic carbocycles. The molecule has 2 amide bonds. The van der Waals surface area contributed by atoms with Gasteiger partial charge in [0, 0.05) is 28.0 Å². The fourth-order valence-electron chi connectivity index (χ4n) is 3.00. The molecule has 3 rings (SSSR count). The van der Waals surface area contributed by atoms with Crippen molar-refractivity contribution in [1.29, 1.82) is 0 Å². The van der Waals surface area contributed by atoms with Crippen molar-refractivity contribution in [1.82, 2.24) is 9.36 Å². The Labute approximate surface area is 177 Å². The van der Waals surface area contributed by atoms with Gasteiger partial charge in [-0.15, -0.1) is 11.8 Å². The summed E-state index contributed by atoms with van der Waals surface area (Å²) in [6.07, 6.45) is 5.50. The minimum absolute atomic E-state index is 0.108. The SMILES string of the molecule is CCSc1nsc(NC(=O)CSc2ccc(NC(=O)C3CCCCC3)cc2)n1. The molecule has 6 nitrogen and oxygen atoms in total. The maximum atomic E-state index is 12.3. The molecule has 0 radical (unpaired) electrons. The van der Waals surface area contributed by atoms with Gasteiger partial charge in [-0.3, -0.25) is 14.9 Å². The van der Waals surface area contributed by atoms with Crippen molar-refractivity contribution >= 4 is 57.7 Å². The second kappa shape index (κ2) is 10.8. The first-order valence-electron chi connectivity index (χ1n) is 9.44. The van der Waals surface area contributed by atoms with Gasteiger partial charge in [0.1, 0.15) is 0 Å². The van der Waals surface area contributed by atoms with E-state index >= 15 is 0 Å². The van der Waals surface area contributed by atoms with Crippen LogP contribution in [0.1, 0.15) is 39.0 Å². The predicted octanol–water partition coefficient (Wildman–Crippen LogP) is 4.90. The second-order valence-corrected chi connectivity index (χ2v) is 9.53. The lowest BCUT2D eigenvalue weighted by atomic mass is 9.88. The van der Waals surface area contributed by atoms with E-state index in [1.807, 2.05) is 31.2 Å². The van der Waals surface area contributed by atoms with Gasteiger partial charge < -0.3 is 5.32 Å². The minimum Gasteiger partial charge on any atom is -0.326 e. The monoisotopic (exact) mass is 436 g/mol. The van der Waals surface area contributed by atoms with Crippen LogP contribution in [0.4, 0.5) is 10.8 Å². The van der Waals surface area contributed by atoms with Gasteiger partial charge in [-0.1, -0.05) is 37.9 Å². The van der Waals surface area contributed by atoms with E-state index in [9.17, 15) is 9.59 Å². The summed E-state index contributed by atoms with van der Waals surface area (Å²) in [4.78, 5) is 29.6. The first-order chi connectivity index (χ1) is 13.6. The highest BCUT2D eigenvalue weighted by atomic mass is 32.2. The van der Waals surface area contributed by atoms with Gasteiger partial charge in [0.05, 0.1) is 5.75 Å². The van der Waals surface area contributed by atoms with E-state index in [0.717, 1.165) is 42.0 Å². The van der Waals surface area contributed by atoms with Crippen molar-refractivity contribution in [3.05, 3.63) is 24.3 Å². The van der Waals surface area contributed by atoms with Gasteiger partial charge in [0.2, 0.25) is 22.1 Å². The number of benzene rings is 1. The van der Waals surface area contributed by atoms with Gasteiger partial charge in [0.15, 0.2) is 0 Å². The highest BCUT2D eigenvalue weighted by molar-refractivity contribution is 8.00. The van der Waals surface area contributed by atoms with E-state index in [1.165, 1.54) is 29.7 Å². The van der Waals surface area contributed by atoms with Crippen LogP contribution in [0.2, 0.25) is 0 Å². The zero-order valence-electron chi connectivity index (χ0n) is 15.8. The summed E-state index contributed by atoms with van der Waals surface area (Å²) in [5, 5.41) is 7.01. The number of carbonyl (C=O) groups excluding carboxylic acids is 2. The van der Waals surface area contributed by atoms with Crippen LogP contribution < -0.4 is 10.6 Å². The number of hydrogen-bond acceptors (Lipinski definition) is 7. The van der Waals surface area contributed by atoms with E-state index in [0.29, 0.717) is 16.0 Å². The molecule has 0 unspecified atom stereocenters. The Hall–Kier alpha value is -1.58. The van der Waals surface area contributed by atoms with Crippen LogP contribution in [0.5, 0.6) is 0 Å². The summed E-state index contributed by atoms with van der Waals surface area (Å²) in [6.45, 7) is 2.04. The lowest BCUT2D eigenvalue weighted by Crippen LogP contribution is -2.24. The molecule has 1 aliphatic carbocycles. The summed E-state index contributed by atoms with van der Waals surface area (Å²) in [5.74, 6) is 1.35. The fraction of sp³-hybridized carbons (Fsp3) is 0.474. The molecule has 0 aliphatic heterocycles. The number of amides is 2. The minimum atomic E-state index is -0.108. The topological polar surface area (TPSA) is 84.0 Å². The van der Waals surface area contributed by atoms with Crippen LogP contribution in [-0.2, 0) is 9.59 Å². The molecule has 1 aromatic heterocycles. The highest BCUT2D eigenvalue weighted by Crippen LogP contribution is 2.26. The lowest BCUT2D eigenvalue weighted by molar-refractivity contribution is -0.120. The Balaban J connectivity index is 1.43. The summed E-state index contributed by atoms with van der Waals surface area (Å²) >= 11 is 4.19. The Bertz CT molecular complexity index is 789. The zero-order chi connectivity index (χ0) is 19.8. The molecular weight excluding hydrogens is 412 g/mol. The van der Waals surface area contributed by atoms with Crippen LogP contribution in [-0.4, -0.2) is 32.7 Å². The van der Waals surface area contributed by atoms with Crippen LogP contribution in [0, 0.1) is 5.92 Å². The van der Waals surface area contributed by atoms with Crippen molar-refractivity contribution in [2.24, 2.45) is 5.92 Å². The van der Waals surface area contributed by atoms with E-state index in [-0.39, 0.29) is 17.7 Å². The molecule has 28 heavy (non-hydrogen) atoms. The van der Waals surface area contributed by atoms with Crippen molar-refractivity contribution in [2.45, 2.75) is 49.1 Å². The van der Waals surface area contributed by atoms with Crippen molar-refractivity contribution in [2.75, 3.05) is 22.1 Å². The third-order valence-electron chi connectivity index (χ3n) is 4.39. The van der Waals surface area contributed by atoms with E-state index in [2.05, 4.69) is 20.0 Å². The fourth-order valence-corrected chi connectivity index (χ4v) is 4.98. The van der Waals surface area contributed by atoms with Gasteiger partial charge in [-0.2, -0.15) is 9.36 Å². The third-order valence-corrected chi connectivity index (χ3v) is 6.88. The molecule has 0 bridgehead atoms. The molecule has 1 heterocycles. The van der Waals surface area contributed by atoms with Crippen molar-refractivity contribution in [3.8, 4) is 0 Å². The zero-order valence-corrected chi connectivity index (χ0v) is 18.2. The average Bonchev–Trinajstić information content (AvgIpc) is 3.15. The predicted molar refractivity (Wildman–Crippen MR) is 117 cm³/mol. The quantitative estimate of drug-likeness (QED) is 0.573. The van der Waals surface area contributed by atoms with Crippen LogP contribution in [0.25, 0.3) is 0 Å². The van der Waals surface area contributed by atoms with Crippen molar-refractivity contribution in [3.63, 3.8) is 0 Å². The molecule has 1 fully saturated rings. The number of rotatable bonds is 8. The van der Waals surface area contributed by atoms with Crippen LogP contribution in [0.3, 0.4) is 0 Å². The normalized spacial score (nSPS) is 14.6. The van der Waals surface area contributed by atoms with Crippen LogP contribution in [0.15, 0.2) is 34.3 Å². The van der Waals surface area contributed by atoms with Gasteiger partial charge in [0.25, 0.3) is 0 Å². The molecule has 9 heteroatoms. The van der Waals surface area contributed by atoms with Crippen molar-refractivity contribution < 1.29 is 9.59 Å². The summed E-state index contributed by atoms with van der Waals surface area (Å²) in [6, 6.07) is 7.63. The Morgan fingerprint density at radius 2 is 1.86 bits per heavy atom. The Morgan fingerprint density at radius 3 is 2.57 bits per heavy atom. The maximum Gasteiger partial charge on any atom is 0.236 e. The van der Waals surface area contributed by atoms with E-state index in [1.54, 1.807) is 11.8 Å². The molecule has 0 saturated heterocycles. The standard InChI is InChI=1S/C19H24N4O2S3/c1-2-26-19-22-18(28-23-19)21-16(24)12-27-15-10-8-14(9-11-15)20-17(25)13-6-4-3-5-7-13/h8-11,13H,2-7,12H2,1H3,(H,20,25)(H,21,22,23,24).